The van der Waals surface area contributed by atoms with Gasteiger partial charge in [0.15, 0.2) is 6.10 Å². The smallest absolute Gasteiger partial charge is 0.306 e. The Morgan fingerprint density at radius 1 is 0.296 bits per heavy atom. The molecule has 0 aromatic heterocycles. The van der Waals surface area contributed by atoms with Gasteiger partial charge in [0.2, 0.25) is 0 Å². The third-order valence-corrected chi connectivity index (χ3v) is 13.5. The molecule has 0 bridgehead atoms. The minimum atomic E-state index is -0.778. The van der Waals surface area contributed by atoms with E-state index in [0.717, 1.165) is 89.9 Å². The minimum Gasteiger partial charge on any atom is -0.462 e. The summed E-state index contributed by atoms with van der Waals surface area (Å²) in [5.41, 5.74) is 0. The molecule has 0 saturated heterocycles. The molecule has 412 valence electrons. The third kappa shape index (κ3) is 57.9. The Kier molecular flexibility index (Phi) is 57.2. The molecule has 0 fully saturated rings. The Balaban J connectivity index is 4.32. The van der Waals surface area contributed by atoms with E-state index in [9.17, 15) is 14.4 Å². The first kappa shape index (κ1) is 68.1. The van der Waals surface area contributed by atoms with Gasteiger partial charge in [-0.1, -0.05) is 274 Å². The fourth-order valence-corrected chi connectivity index (χ4v) is 8.90. The summed E-state index contributed by atoms with van der Waals surface area (Å²) in [7, 11) is 0. The molecule has 6 nitrogen and oxygen atoms in total. The van der Waals surface area contributed by atoms with Crippen molar-refractivity contribution in [3.8, 4) is 0 Å². The molecule has 6 heteroatoms. The van der Waals surface area contributed by atoms with Crippen molar-refractivity contribution >= 4 is 17.9 Å². The molecular formula is C65H116O6. The first-order chi connectivity index (χ1) is 35.0. The Bertz CT molecular complexity index is 1280. The SMILES string of the molecule is CC/C=C\C/C=C\C/C=C\C/C=C\CCCCCCCCCCCCC(=O)OCC(COC(=O)CCCCCCCCCCCCCCCC)OC(=O)CCCCCCC/C=C\CCCCCCCCC. The van der Waals surface area contributed by atoms with Crippen molar-refractivity contribution in [2.75, 3.05) is 13.2 Å². The zero-order chi connectivity index (χ0) is 51.4. The van der Waals surface area contributed by atoms with Crippen LogP contribution in [0, 0.1) is 0 Å². The first-order valence-corrected chi connectivity index (χ1v) is 30.8. The summed E-state index contributed by atoms with van der Waals surface area (Å²) >= 11 is 0. The van der Waals surface area contributed by atoms with Crippen LogP contribution in [0.3, 0.4) is 0 Å². The van der Waals surface area contributed by atoms with Crippen molar-refractivity contribution in [2.45, 2.75) is 322 Å². The predicted molar refractivity (Wildman–Crippen MR) is 307 cm³/mol. The molecule has 0 rings (SSSR count). The van der Waals surface area contributed by atoms with Gasteiger partial charge in [0.05, 0.1) is 0 Å². The van der Waals surface area contributed by atoms with Gasteiger partial charge < -0.3 is 14.2 Å². The van der Waals surface area contributed by atoms with Crippen molar-refractivity contribution in [1.29, 1.82) is 0 Å². The summed E-state index contributed by atoms with van der Waals surface area (Å²) < 4.78 is 16.9. The van der Waals surface area contributed by atoms with Gasteiger partial charge in [-0.15, -0.1) is 0 Å². The molecule has 0 amide bonds. The van der Waals surface area contributed by atoms with E-state index in [-0.39, 0.29) is 31.1 Å². The molecule has 0 aliphatic carbocycles. The number of carbonyl (C=O) groups is 3. The van der Waals surface area contributed by atoms with Crippen LogP contribution < -0.4 is 0 Å². The van der Waals surface area contributed by atoms with Gasteiger partial charge in [-0.2, -0.15) is 0 Å². The van der Waals surface area contributed by atoms with Crippen molar-refractivity contribution in [3.63, 3.8) is 0 Å². The van der Waals surface area contributed by atoms with Crippen LogP contribution in [0.1, 0.15) is 316 Å². The molecule has 0 spiro atoms. The Morgan fingerprint density at radius 2 is 0.549 bits per heavy atom. The quantitative estimate of drug-likeness (QED) is 0.0261. The van der Waals surface area contributed by atoms with E-state index in [2.05, 4.69) is 81.5 Å². The highest BCUT2D eigenvalue weighted by Gasteiger charge is 2.19. The van der Waals surface area contributed by atoms with Crippen molar-refractivity contribution in [3.05, 3.63) is 60.8 Å². The van der Waals surface area contributed by atoms with Gasteiger partial charge in [-0.05, 0) is 83.5 Å². The van der Waals surface area contributed by atoms with Gasteiger partial charge in [-0.25, -0.2) is 0 Å². The first-order valence-electron chi connectivity index (χ1n) is 30.8. The number of esters is 3. The van der Waals surface area contributed by atoms with E-state index in [1.54, 1.807) is 0 Å². The average molecular weight is 994 g/mol. The second-order valence-corrected chi connectivity index (χ2v) is 20.6. The maximum Gasteiger partial charge on any atom is 0.306 e. The number of ether oxygens (including phenoxy) is 3. The van der Waals surface area contributed by atoms with Gasteiger partial charge in [0.1, 0.15) is 13.2 Å². The molecule has 0 N–H and O–H groups in total. The molecule has 0 radical (unpaired) electrons. The van der Waals surface area contributed by atoms with Gasteiger partial charge >= 0.3 is 17.9 Å². The monoisotopic (exact) mass is 993 g/mol. The number of hydrogen-bond acceptors (Lipinski definition) is 6. The highest BCUT2D eigenvalue weighted by Crippen LogP contribution is 2.16. The van der Waals surface area contributed by atoms with Gasteiger partial charge in [0, 0.05) is 19.3 Å². The lowest BCUT2D eigenvalue weighted by molar-refractivity contribution is -0.167. The zero-order valence-corrected chi connectivity index (χ0v) is 47.2. The highest BCUT2D eigenvalue weighted by atomic mass is 16.6. The summed E-state index contributed by atoms with van der Waals surface area (Å²) in [5, 5.41) is 0. The molecule has 0 aromatic rings. The van der Waals surface area contributed by atoms with E-state index >= 15 is 0 Å². The van der Waals surface area contributed by atoms with E-state index in [0.29, 0.717) is 19.3 Å². The average Bonchev–Trinajstić information content (AvgIpc) is 3.37. The maximum atomic E-state index is 12.9. The molecule has 0 aliphatic heterocycles. The van der Waals surface area contributed by atoms with Gasteiger partial charge in [-0.3, -0.25) is 14.4 Å². The summed E-state index contributed by atoms with van der Waals surface area (Å²) in [6.45, 7) is 6.55. The molecule has 0 aliphatic rings. The maximum absolute atomic E-state index is 12.9. The molecule has 0 heterocycles. The van der Waals surface area contributed by atoms with E-state index < -0.39 is 6.10 Å². The highest BCUT2D eigenvalue weighted by molar-refractivity contribution is 5.71. The molecule has 1 atom stereocenters. The van der Waals surface area contributed by atoms with Crippen molar-refractivity contribution < 1.29 is 28.6 Å². The standard InChI is InChI=1S/C65H116O6/c1-4-7-10-13-16-19-22-25-28-30-31-32-33-34-35-36-38-40-43-46-49-52-55-58-64(67)70-61-62(60-69-63(66)57-54-51-48-45-42-39-27-24-21-18-15-12-9-6-3)71-65(68)59-56-53-50-47-44-41-37-29-26-23-20-17-14-11-8-5-2/h7,10,16,19,25,28-29,31-32,37,62H,4-6,8-9,11-15,17-18,20-24,26-27,30,33-36,38-61H2,1-3H3/b10-7-,19-16-,28-25-,32-31-,37-29-. The normalized spacial score (nSPS) is 12.4. The minimum absolute atomic E-state index is 0.0752. The van der Waals surface area contributed by atoms with E-state index in [1.807, 2.05) is 0 Å². The van der Waals surface area contributed by atoms with Crippen LogP contribution in [0.15, 0.2) is 60.8 Å². The number of rotatable bonds is 56. The Morgan fingerprint density at radius 3 is 0.873 bits per heavy atom. The number of carbonyl (C=O) groups excluding carboxylic acids is 3. The molecule has 0 saturated carbocycles. The van der Waals surface area contributed by atoms with Gasteiger partial charge in [0.25, 0.3) is 0 Å². The second-order valence-electron chi connectivity index (χ2n) is 20.6. The summed E-state index contributed by atoms with van der Waals surface area (Å²) in [6.07, 6.45) is 75.0. The lowest BCUT2D eigenvalue weighted by Crippen LogP contribution is -2.30. The molecule has 71 heavy (non-hydrogen) atoms. The fraction of sp³-hybridized carbons (Fsp3) is 0.800. The Labute approximate surface area is 440 Å². The number of hydrogen-bond donors (Lipinski definition) is 0. The van der Waals surface area contributed by atoms with Crippen LogP contribution in [0.4, 0.5) is 0 Å². The number of allylic oxidation sites excluding steroid dienone is 10. The Hall–Kier alpha value is -2.89. The summed E-state index contributed by atoms with van der Waals surface area (Å²) in [4.78, 5) is 38.2. The van der Waals surface area contributed by atoms with Crippen LogP contribution >= 0.6 is 0 Å². The van der Waals surface area contributed by atoms with E-state index in [1.165, 1.54) is 186 Å². The van der Waals surface area contributed by atoms with Crippen LogP contribution in [0.5, 0.6) is 0 Å². The van der Waals surface area contributed by atoms with Crippen molar-refractivity contribution in [2.24, 2.45) is 0 Å². The largest absolute Gasteiger partial charge is 0.462 e. The molecule has 1 unspecified atom stereocenters. The summed E-state index contributed by atoms with van der Waals surface area (Å²) in [5.74, 6) is -0.872. The lowest BCUT2D eigenvalue weighted by Gasteiger charge is -2.18. The van der Waals surface area contributed by atoms with Crippen LogP contribution in [0.25, 0.3) is 0 Å². The fourth-order valence-electron chi connectivity index (χ4n) is 8.90. The number of unbranched alkanes of at least 4 members (excludes halogenated alkanes) is 35. The third-order valence-electron chi connectivity index (χ3n) is 13.5. The predicted octanol–water partition coefficient (Wildman–Crippen LogP) is 20.8. The van der Waals surface area contributed by atoms with Crippen LogP contribution in [-0.2, 0) is 28.6 Å². The molecular weight excluding hydrogens is 877 g/mol. The van der Waals surface area contributed by atoms with Crippen LogP contribution in [0.2, 0.25) is 0 Å². The molecule has 0 aromatic carbocycles. The lowest BCUT2D eigenvalue weighted by atomic mass is 10.0. The zero-order valence-electron chi connectivity index (χ0n) is 47.2. The van der Waals surface area contributed by atoms with E-state index in [4.69, 9.17) is 14.2 Å². The second kappa shape index (κ2) is 59.7. The van der Waals surface area contributed by atoms with Crippen molar-refractivity contribution in [1.82, 2.24) is 0 Å². The summed E-state index contributed by atoms with van der Waals surface area (Å²) in [6, 6.07) is 0. The topological polar surface area (TPSA) is 78.9 Å². The van der Waals surface area contributed by atoms with Crippen LogP contribution in [-0.4, -0.2) is 37.2 Å².